The van der Waals surface area contributed by atoms with E-state index in [2.05, 4.69) is 39.0 Å². The minimum Gasteiger partial charge on any atom is -0.454 e. The second-order valence-electron chi connectivity index (χ2n) is 6.55. The summed E-state index contributed by atoms with van der Waals surface area (Å²) in [5.41, 5.74) is 8.76. The van der Waals surface area contributed by atoms with Gasteiger partial charge in [0.15, 0.2) is 11.5 Å². The number of hydrogen-bond acceptors (Lipinski definition) is 3. The van der Waals surface area contributed by atoms with Crippen LogP contribution in [-0.2, 0) is 6.42 Å². The van der Waals surface area contributed by atoms with Gasteiger partial charge in [-0.05, 0) is 66.1 Å². The lowest BCUT2D eigenvalue weighted by Gasteiger charge is -2.08. The van der Waals surface area contributed by atoms with E-state index in [0.717, 1.165) is 23.6 Å². The van der Waals surface area contributed by atoms with Crippen molar-refractivity contribution in [2.24, 2.45) is 0 Å². The first-order valence-electron chi connectivity index (χ1n) is 7.95. The Bertz CT molecular complexity index is 1000. The maximum absolute atomic E-state index is 5.63. The molecular weight excluding hydrogens is 286 g/mol. The molecule has 2 aromatic carbocycles. The Morgan fingerprint density at radius 3 is 2.65 bits per heavy atom. The maximum atomic E-state index is 5.63. The van der Waals surface area contributed by atoms with E-state index in [1.807, 2.05) is 6.20 Å². The molecule has 0 spiro atoms. The van der Waals surface area contributed by atoms with Crippen LogP contribution in [0.4, 0.5) is 0 Å². The third-order valence-corrected chi connectivity index (χ3v) is 5.25. The average molecular weight is 303 g/mol. The van der Waals surface area contributed by atoms with Crippen molar-refractivity contribution in [3.8, 4) is 22.8 Å². The van der Waals surface area contributed by atoms with Gasteiger partial charge in [0.25, 0.3) is 0 Å². The van der Waals surface area contributed by atoms with E-state index >= 15 is 0 Å². The molecule has 1 aliphatic heterocycles. The van der Waals surface area contributed by atoms with Gasteiger partial charge < -0.3 is 9.47 Å². The number of aromatic nitrogens is 1. The summed E-state index contributed by atoms with van der Waals surface area (Å²) >= 11 is 0. The van der Waals surface area contributed by atoms with Crippen LogP contribution in [0.5, 0.6) is 11.5 Å². The highest BCUT2D eigenvalue weighted by molar-refractivity contribution is 5.94. The van der Waals surface area contributed by atoms with Crippen molar-refractivity contribution in [2.75, 3.05) is 6.79 Å². The van der Waals surface area contributed by atoms with E-state index in [4.69, 9.17) is 14.5 Å². The summed E-state index contributed by atoms with van der Waals surface area (Å²) in [6, 6.07) is 6.63. The third kappa shape index (κ3) is 1.62. The molecule has 0 N–H and O–H groups in total. The summed E-state index contributed by atoms with van der Waals surface area (Å²) in [5.74, 6) is 1.74. The average Bonchev–Trinajstić information content (AvgIpc) is 3.14. The molecule has 1 aromatic heterocycles. The van der Waals surface area contributed by atoms with Crippen LogP contribution in [0.15, 0.2) is 24.4 Å². The van der Waals surface area contributed by atoms with Gasteiger partial charge in [-0.25, -0.2) is 0 Å². The molecular formula is C20H17NO2. The Morgan fingerprint density at radius 2 is 1.78 bits per heavy atom. The first kappa shape index (κ1) is 12.9. The van der Waals surface area contributed by atoms with E-state index in [-0.39, 0.29) is 0 Å². The van der Waals surface area contributed by atoms with Crippen LogP contribution in [0.1, 0.15) is 27.8 Å². The summed E-state index contributed by atoms with van der Waals surface area (Å²) in [4.78, 5) is 4.77. The summed E-state index contributed by atoms with van der Waals surface area (Å²) in [5, 5.41) is 2.54. The lowest BCUT2D eigenvalue weighted by molar-refractivity contribution is 0.173. The van der Waals surface area contributed by atoms with Gasteiger partial charge in [-0.3, -0.25) is 4.98 Å². The Labute approximate surface area is 134 Å². The van der Waals surface area contributed by atoms with Crippen LogP contribution in [0.2, 0.25) is 0 Å². The van der Waals surface area contributed by atoms with Gasteiger partial charge in [-0.1, -0.05) is 6.07 Å². The van der Waals surface area contributed by atoms with Crippen molar-refractivity contribution >= 4 is 10.8 Å². The molecule has 1 aliphatic carbocycles. The van der Waals surface area contributed by atoms with Gasteiger partial charge in [0, 0.05) is 23.6 Å². The van der Waals surface area contributed by atoms with Crippen molar-refractivity contribution in [3.05, 3.63) is 52.2 Å². The summed E-state index contributed by atoms with van der Waals surface area (Å²) < 4.78 is 11.2. The van der Waals surface area contributed by atoms with Crippen LogP contribution < -0.4 is 9.47 Å². The molecule has 0 amide bonds. The zero-order valence-corrected chi connectivity index (χ0v) is 13.5. The minimum atomic E-state index is 0.315. The van der Waals surface area contributed by atoms with Crippen LogP contribution in [0, 0.1) is 20.8 Å². The molecule has 3 heteroatoms. The predicted octanol–water partition coefficient (Wildman–Crippen LogP) is 4.46. The molecule has 0 fully saturated rings. The topological polar surface area (TPSA) is 31.4 Å². The molecule has 114 valence electrons. The van der Waals surface area contributed by atoms with Crippen LogP contribution >= 0.6 is 0 Å². The zero-order valence-electron chi connectivity index (χ0n) is 13.5. The standard InChI is InChI=1S/C20H17NO2/c1-10-4-13-8-21-19-16(15(13)5-11(10)2)6-14-12(3)20-18(7-17(14)19)22-9-23-20/h4-5,7-8H,6,9H2,1-3H3. The Balaban J connectivity index is 1.82. The number of pyridine rings is 1. The van der Waals surface area contributed by atoms with Crippen molar-refractivity contribution in [2.45, 2.75) is 27.2 Å². The third-order valence-electron chi connectivity index (χ3n) is 5.25. The van der Waals surface area contributed by atoms with Crippen molar-refractivity contribution in [1.82, 2.24) is 4.98 Å². The molecule has 0 saturated heterocycles. The molecule has 5 rings (SSSR count). The molecule has 2 heterocycles. The van der Waals surface area contributed by atoms with Gasteiger partial charge in [-0.15, -0.1) is 0 Å². The first-order valence-corrected chi connectivity index (χ1v) is 7.95. The van der Waals surface area contributed by atoms with Gasteiger partial charge >= 0.3 is 0 Å². The van der Waals surface area contributed by atoms with Gasteiger partial charge in [0.2, 0.25) is 6.79 Å². The van der Waals surface area contributed by atoms with Gasteiger partial charge in [0.1, 0.15) is 0 Å². The second-order valence-corrected chi connectivity index (χ2v) is 6.55. The first-order chi connectivity index (χ1) is 11.1. The Morgan fingerprint density at radius 1 is 0.957 bits per heavy atom. The van der Waals surface area contributed by atoms with E-state index in [0.29, 0.717) is 6.79 Å². The minimum absolute atomic E-state index is 0.315. The highest BCUT2D eigenvalue weighted by atomic mass is 16.7. The number of ether oxygens (including phenoxy) is 2. The number of rotatable bonds is 0. The lowest BCUT2D eigenvalue weighted by atomic mass is 9.99. The zero-order chi connectivity index (χ0) is 15.7. The highest BCUT2D eigenvalue weighted by Crippen LogP contribution is 2.48. The molecule has 0 atom stereocenters. The maximum Gasteiger partial charge on any atom is 0.231 e. The number of hydrogen-bond donors (Lipinski definition) is 0. The largest absolute Gasteiger partial charge is 0.454 e. The number of fused-ring (bicyclic) bond motifs is 6. The number of benzene rings is 2. The van der Waals surface area contributed by atoms with E-state index in [1.54, 1.807) is 0 Å². The van der Waals surface area contributed by atoms with Crippen molar-refractivity contribution in [1.29, 1.82) is 0 Å². The smallest absolute Gasteiger partial charge is 0.231 e. The second kappa shape index (κ2) is 4.25. The molecule has 2 aliphatic rings. The van der Waals surface area contributed by atoms with Crippen molar-refractivity contribution in [3.63, 3.8) is 0 Å². The quantitative estimate of drug-likeness (QED) is 0.480. The fourth-order valence-electron chi connectivity index (χ4n) is 3.82. The number of nitrogens with zero attached hydrogens (tertiary/aromatic N) is 1. The summed E-state index contributed by atoms with van der Waals surface area (Å²) in [6.45, 7) is 6.76. The van der Waals surface area contributed by atoms with Gasteiger partial charge in [0.05, 0.1) is 5.69 Å². The molecule has 0 saturated carbocycles. The molecule has 0 bridgehead atoms. The van der Waals surface area contributed by atoms with Crippen LogP contribution in [0.3, 0.4) is 0 Å². The Hall–Kier alpha value is -2.55. The fraction of sp³-hybridized carbons (Fsp3) is 0.250. The Kier molecular flexibility index (Phi) is 2.39. The molecule has 3 aromatic rings. The molecule has 3 nitrogen and oxygen atoms in total. The van der Waals surface area contributed by atoms with Crippen LogP contribution in [0.25, 0.3) is 22.0 Å². The monoisotopic (exact) mass is 303 g/mol. The van der Waals surface area contributed by atoms with Gasteiger partial charge in [-0.2, -0.15) is 0 Å². The normalized spacial score (nSPS) is 14.2. The molecule has 0 unspecified atom stereocenters. The molecule has 23 heavy (non-hydrogen) atoms. The van der Waals surface area contributed by atoms with E-state index in [1.165, 1.54) is 44.2 Å². The van der Waals surface area contributed by atoms with E-state index in [9.17, 15) is 0 Å². The molecule has 0 radical (unpaired) electrons. The fourth-order valence-corrected chi connectivity index (χ4v) is 3.82. The van der Waals surface area contributed by atoms with Crippen LogP contribution in [-0.4, -0.2) is 11.8 Å². The highest BCUT2D eigenvalue weighted by Gasteiger charge is 2.29. The SMILES string of the molecule is Cc1cc2cnc3c(c2cc1C)Cc1c-3cc2c(c1C)OCO2. The summed E-state index contributed by atoms with van der Waals surface area (Å²) in [7, 11) is 0. The predicted molar refractivity (Wildman–Crippen MR) is 90.3 cm³/mol. The van der Waals surface area contributed by atoms with Crippen molar-refractivity contribution < 1.29 is 9.47 Å². The lowest BCUT2D eigenvalue weighted by Crippen LogP contribution is -1.94. The summed E-state index contributed by atoms with van der Waals surface area (Å²) in [6.07, 6.45) is 2.91. The number of aryl methyl sites for hydroxylation is 2. The van der Waals surface area contributed by atoms with E-state index < -0.39 is 0 Å².